The number of carbonyl (C=O) groups excluding carboxylic acids is 1. The summed E-state index contributed by atoms with van der Waals surface area (Å²) in [6.45, 7) is 0. The third-order valence-corrected chi connectivity index (χ3v) is 5.25. The monoisotopic (exact) mass is 338 g/mol. The molecule has 3 aromatic rings. The summed E-state index contributed by atoms with van der Waals surface area (Å²) in [5, 5.41) is 9.92. The van der Waals surface area contributed by atoms with Gasteiger partial charge >= 0.3 is 0 Å². The van der Waals surface area contributed by atoms with Gasteiger partial charge in [-0.05, 0) is 30.4 Å². The van der Waals surface area contributed by atoms with Gasteiger partial charge in [-0.15, -0.1) is 11.3 Å². The third-order valence-electron chi connectivity index (χ3n) is 4.36. The maximum Gasteiger partial charge on any atom is 0.271 e. The summed E-state index contributed by atoms with van der Waals surface area (Å²) in [5.41, 5.74) is 3.98. The first kappa shape index (κ1) is 15.1. The molecule has 0 bridgehead atoms. The largest absolute Gasteiger partial charge is 0.344 e. The fraction of sp³-hybridized carbons (Fsp3) is 0.278. The first-order chi connectivity index (χ1) is 11.7. The van der Waals surface area contributed by atoms with Crippen LogP contribution < -0.4 is 5.32 Å². The van der Waals surface area contributed by atoms with Crippen molar-refractivity contribution in [2.45, 2.75) is 25.3 Å². The Morgan fingerprint density at radius 3 is 3.08 bits per heavy atom. The molecule has 24 heavy (non-hydrogen) atoms. The van der Waals surface area contributed by atoms with Crippen molar-refractivity contribution in [3.05, 3.63) is 58.9 Å². The Bertz CT molecular complexity index is 883. The van der Waals surface area contributed by atoms with Crippen LogP contribution in [0.5, 0.6) is 0 Å². The Hall–Kier alpha value is -2.47. The fourth-order valence-electron chi connectivity index (χ4n) is 3.18. The Kier molecular flexibility index (Phi) is 3.90. The molecule has 2 aromatic heterocycles. The molecule has 1 N–H and O–H groups in total. The third kappa shape index (κ3) is 2.85. The summed E-state index contributed by atoms with van der Waals surface area (Å²) >= 11 is 1.47. The van der Waals surface area contributed by atoms with E-state index in [4.69, 9.17) is 0 Å². The minimum Gasteiger partial charge on any atom is -0.344 e. The molecule has 0 fully saturated rings. The van der Waals surface area contributed by atoms with Gasteiger partial charge in [-0.25, -0.2) is 4.98 Å². The first-order valence-corrected chi connectivity index (χ1v) is 8.92. The molecule has 1 aromatic carbocycles. The van der Waals surface area contributed by atoms with Crippen molar-refractivity contribution < 1.29 is 4.79 Å². The van der Waals surface area contributed by atoms with Crippen LogP contribution in [-0.2, 0) is 13.5 Å². The number of amides is 1. The van der Waals surface area contributed by atoms with Crippen molar-refractivity contribution in [1.29, 1.82) is 0 Å². The molecule has 2 heterocycles. The zero-order chi connectivity index (χ0) is 16.5. The number of thiazole rings is 1. The van der Waals surface area contributed by atoms with Gasteiger partial charge in [0.05, 0.1) is 12.2 Å². The summed E-state index contributed by atoms with van der Waals surface area (Å²) in [6, 6.07) is 8.43. The number of carbonyl (C=O) groups is 1. The molecule has 0 saturated heterocycles. The molecule has 0 aliphatic heterocycles. The summed E-state index contributed by atoms with van der Waals surface area (Å²) in [6.07, 6.45) is 6.82. The van der Waals surface area contributed by atoms with Crippen LogP contribution in [0.4, 0.5) is 0 Å². The van der Waals surface area contributed by atoms with E-state index in [1.54, 1.807) is 10.9 Å². The van der Waals surface area contributed by atoms with E-state index >= 15 is 0 Å². The van der Waals surface area contributed by atoms with E-state index in [0.29, 0.717) is 5.69 Å². The van der Waals surface area contributed by atoms with E-state index in [1.165, 1.54) is 22.5 Å². The summed E-state index contributed by atoms with van der Waals surface area (Å²) < 4.78 is 1.73. The van der Waals surface area contributed by atoms with Crippen molar-refractivity contribution in [2.75, 3.05) is 0 Å². The highest BCUT2D eigenvalue weighted by Crippen LogP contribution is 2.30. The maximum absolute atomic E-state index is 12.6. The molecule has 1 atom stereocenters. The predicted molar refractivity (Wildman–Crippen MR) is 93.9 cm³/mol. The molecule has 1 aliphatic rings. The van der Waals surface area contributed by atoms with Crippen LogP contribution in [0.3, 0.4) is 0 Å². The lowest BCUT2D eigenvalue weighted by Gasteiger charge is -2.26. The van der Waals surface area contributed by atoms with E-state index < -0.39 is 0 Å². The van der Waals surface area contributed by atoms with Crippen LogP contribution in [0.2, 0.25) is 0 Å². The second-order valence-electron chi connectivity index (χ2n) is 6.06. The van der Waals surface area contributed by atoms with Crippen LogP contribution >= 0.6 is 11.3 Å². The molecule has 1 aliphatic carbocycles. The van der Waals surface area contributed by atoms with Crippen LogP contribution in [0, 0.1) is 0 Å². The minimum absolute atomic E-state index is 0.0750. The van der Waals surface area contributed by atoms with Crippen LogP contribution in [0.1, 0.15) is 40.5 Å². The fourth-order valence-corrected chi connectivity index (χ4v) is 3.95. The molecular formula is C18H18N4OS. The molecule has 0 unspecified atom stereocenters. The van der Waals surface area contributed by atoms with E-state index in [1.807, 2.05) is 24.7 Å². The van der Waals surface area contributed by atoms with Gasteiger partial charge in [0.25, 0.3) is 5.91 Å². The number of fused-ring (bicyclic) bond motifs is 1. The van der Waals surface area contributed by atoms with Crippen molar-refractivity contribution in [3.63, 3.8) is 0 Å². The topological polar surface area (TPSA) is 59.8 Å². The lowest BCUT2D eigenvalue weighted by atomic mass is 9.88. The molecule has 0 radical (unpaired) electrons. The summed E-state index contributed by atoms with van der Waals surface area (Å²) in [4.78, 5) is 17.1. The molecule has 6 heteroatoms. The maximum atomic E-state index is 12.6. The Morgan fingerprint density at radius 1 is 1.38 bits per heavy atom. The second kappa shape index (κ2) is 6.20. The highest BCUT2D eigenvalue weighted by atomic mass is 32.1. The number of nitrogens with zero attached hydrogens (tertiary/aromatic N) is 3. The van der Waals surface area contributed by atoms with Gasteiger partial charge in [0.1, 0.15) is 10.7 Å². The SMILES string of the molecule is Cn1cc(-c2nc(C(=O)N[C@H]3CCCc4ccccc43)cs2)cn1. The Morgan fingerprint density at radius 2 is 2.25 bits per heavy atom. The molecule has 4 rings (SSSR count). The number of nitrogens with one attached hydrogen (secondary N) is 1. The van der Waals surface area contributed by atoms with Crippen molar-refractivity contribution in [1.82, 2.24) is 20.1 Å². The predicted octanol–water partition coefficient (Wildman–Crippen LogP) is 3.35. The molecule has 1 amide bonds. The zero-order valence-corrected chi connectivity index (χ0v) is 14.2. The average molecular weight is 338 g/mol. The Labute approximate surface area is 144 Å². The van der Waals surface area contributed by atoms with E-state index in [0.717, 1.165) is 29.8 Å². The van der Waals surface area contributed by atoms with E-state index in [2.05, 4.69) is 33.6 Å². The second-order valence-corrected chi connectivity index (χ2v) is 6.92. The molecule has 122 valence electrons. The molecule has 0 spiro atoms. The normalized spacial score (nSPS) is 16.6. The van der Waals surface area contributed by atoms with Gasteiger partial charge in [0.2, 0.25) is 0 Å². The number of rotatable bonds is 3. The van der Waals surface area contributed by atoms with Gasteiger partial charge in [0.15, 0.2) is 0 Å². The van der Waals surface area contributed by atoms with Gasteiger partial charge in [-0.1, -0.05) is 24.3 Å². The molecule has 0 saturated carbocycles. The van der Waals surface area contributed by atoms with Gasteiger partial charge in [0, 0.05) is 24.2 Å². The lowest BCUT2D eigenvalue weighted by Crippen LogP contribution is -2.31. The minimum atomic E-state index is -0.108. The number of hydrogen-bond acceptors (Lipinski definition) is 4. The van der Waals surface area contributed by atoms with E-state index in [-0.39, 0.29) is 11.9 Å². The molecule has 5 nitrogen and oxygen atoms in total. The van der Waals surface area contributed by atoms with Gasteiger partial charge in [-0.3, -0.25) is 9.48 Å². The number of benzene rings is 1. The Balaban J connectivity index is 1.52. The smallest absolute Gasteiger partial charge is 0.271 e. The summed E-state index contributed by atoms with van der Waals surface area (Å²) in [5.74, 6) is -0.108. The quantitative estimate of drug-likeness (QED) is 0.797. The number of hydrogen-bond donors (Lipinski definition) is 1. The molecular weight excluding hydrogens is 320 g/mol. The van der Waals surface area contributed by atoms with Crippen molar-refractivity contribution >= 4 is 17.2 Å². The average Bonchev–Trinajstić information content (AvgIpc) is 3.24. The first-order valence-electron chi connectivity index (χ1n) is 8.04. The number of aryl methyl sites for hydroxylation is 2. The van der Waals surface area contributed by atoms with Crippen molar-refractivity contribution in [2.24, 2.45) is 7.05 Å². The van der Waals surface area contributed by atoms with E-state index in [9.17, 15) is 4.79 Å². The van der Waals surface area contributed by atoms with Crippen LogP contribution in [0.15, 0.2) is 42.0 Å². The summed E-state index contributed by atoms with van der Waals surface area (Å²) in [7, 11) is 1.87. The van der Waals surface area contributed by atoms with Crippen LogP contribution in [-0.4, -0.2) is 20.7 Å². The number of aromatic nitrogens is 3. The highest BCUT2D eigenvalue weighted by Gasteiger charge is 2.23. The highest BCUT2D eigenvalue weighted by molar-refractivity contribution is 7.13. The van der Waals surface area contributed by atoms with Gasteiger partial charge in [-0.2, -0.15) is 5.10 Å². The van der Waals surface area contributed by atoms with Gasteiger partial charge < -0.3 is 5.32 Å². The lowest BCUT2D eigenvalue weighted by molar-refractivity contribution is 0.0928. The standard InChI is InChI=1S/C18H18N4OS/c1-22-10-13(9-19-22)18-21-16(11-24-18)17(23)20-15-8-4-6-12-5-2-3-7-14(12)15/h2-3,5,7,9-11,15H,4,6,8H2,1H3,(H,20,23)/t15-/m0/s1. The zero-order valence-electron chi connectivity index (χ0n) is 13.4. The van der Waals surface area contributed by atoms with Crippen molar-refractivity contribution in [3.8, 4) is 10.6 Å². The van der Waals surface area contributed by atoms with Crippen LogP contribution in [0.25, 0.3) is 10.6 Å².